The third-order valence-corrected chi connectivity index (χ3v) is 2.82. The van der Waals surface area contributed by atoms with Crippen molar-refractivity contribution in [3.63, 3.8) is 0 Å². The highest BCUT2D eigenvalue weighted by Gasteiger charge is 2.15. The summed E-state index contributed by atoms with van der Waals surface area (Å²) in [5.41, 5.74) is 7.85. The number of rotatable bonds is 4. The summed E-state index contributed by atoms with van der Waals surface area (Å²) in [7, 11) is 0. The zero-order valence-corrected chi connectivity index (χ0v) is 10.3. The Morgan fingerprint density at radius 3 is 2.88 bits per heavy atom. The van der Waals surface area contributed by atoms with Crippen LogP contribution in [0.4, 0.5) is 0 Å². The number of benzene rings is 1. The third kappa shape index (κ3) is 2.62. The van der Waals surface area contributed by atoms with Crippen molar-refractivity contribution < 1.29 is 9.15 Å². The van der Waals surface area contributed by atoms with Crippen LogP contribution in [0.15, 0.2) is 41.0 Å². The van der Waals surface area contributed by atoms with Gasteiger partial charge < -0.3 is 14.9 Å². The second kappa shape index (κ2) is 5.25. The summed E-state index contributed by atoms with van der Waals surface area (Å²) < 4.78 is 10.5. The number of nitrogens with two attached hydrogens (primary N) is 1. The molecule has 1 atom stereocenters. The Balaban J connectivity index is 2.28. The SMILES string of the molecule is CCOc1cccc(C(N)c2ccoc2Cl)c1. The fraction of sp³-hybridized carbons (Fsp3) is 0.231. The quantitative estimate of drug-likeness (QED) is 0.906. The van der Waals surface area contributed by atoms with E-state index in [9.17, 15) is 0 Å². The Morgan fingerprint density at radius 2 is 2.24 bits per heavy atom. The van der Waals surface area contributed by atoms with Crippen LogP contribution >= 0.6 is 11.6 Å². The fourth-order valence-electron chi connectivity index (χ4n) is 1.67. The van der Waals surface area contributed by atoms with Gasteiger partial charge in [-0.05, 0) is 42.3 Å². The molecule has 2 rings (SSSR count). The van der Waals surface area contributed by atoms with Crippen LogP contribution in [-0.4, -0.2) is 6.61 Å². The Hall–Kier alpha value is -1.45. The van der Waals surface area contributed by atoms with E-state index in [0.717, 1.165) is 16.9 Å². The molecule has 90 valence electrons. The van der Waals surface area contributed by atoms with Crippen molar-refractivity contribution in [3.8, 4) is 5.75 Å². The largest absolute Gasteiger partial charge is 0.494 e. The minimum atomic E-state index is -0.304. The van der Waals surface area contributed by atoms with Crippen LogP contribution in [0.3, 0.4) is 0 Å². The molecular formula is C13H14ClNO2. The summed E-state index contributed by atoms with van der Waals surface area (Å²) in [6, 6.07) is 9.14. The average Bonchev–Trinajstić information content (AvgIpc) is 2.75. The normalized spacial score (nSPS) is 12.4. The zero-order valence-electron chi connectivity index (χ0n) is 9.52. The third-order valence-electron chi connectivity index (χ3n) is 2.51. The molecule has 0 saturated heterocycles. The Kier molecular flexibility index (Phi) is 3.71. The van der Waals surface area contributed by atoms with E-state index < -0.39 is 0 Å². The smallest absolute Gasteiger partial charge is 0.198 e. The van der Waals surface area contributed by atoms with Crippen LogP contribution in [0.1, 0.15) is 24.1 Å². The van der Waals surface area contributed by atoms with Gasteiger partial charge in [0, 0.05) is 5.56 Å². The van der Waals surface area contributed by atoms with E-state index in [4.69, 9.17) is 26.5 Å². The van der Waals surface area contributed by atoms with Gasteiger partial charge >= 0.3 is 0 Å². The molecule has 2 aromatic rings. The lowest BCUT2D eigenvalue weighted by atomic mass is 10.0. The predicted octanol–water partition coefficient (Wildman–Crippen LogP) is 3.38. The van der Waals surface area contributed by atoms with Crippen LogP contribution in [0.2, 0.25) is 5.22 Å². The second-order valence-electron chi connectivity index (χ2n) is 3.63. The highest BCUT2D eigenvalue weighted by Crippen LogP contribution is 2.28. The average molecular weight is 252 g/mol. The van der Waals surface area contributed by atoms with Crippen LogP contribution < -0.4 is 10.5 Å². The fourth-order valence-corrected chi connectivity index (χ4v) is 1.90. The van der Waals surface area contributed by atoms with Crippen molar-refractivity contribution in [2.45, 2.75) is 13.0 Å². The van der Waals surface area contributed by atoms with E-state index in [1.54, 1.807) is 6.07 Å². The first kappa shape index (κ1) is 12.0. The van der Waals surface area contributed by atoms with E-state index in [0.29, 0.717) is 11.8 Å². The molecule has 0 bridgehead atoms. The maximum Gasteiger partial charge on any atom is 0.198 e. The van der Waals surface area contributed by atoms with Crippen molar-refractivity contribution in [2.75, 3.05) is 6.61 Å². The van der Waals surface area contributed by atoms with E-state index in [-0.39, 0.29) is 6.04 Å². The van der Waals surface area contributed by atoms with Gasteiger partial charge in [-0.15, -0.1) is 0 Å². The number of hydrogen-bond acceptors (Lipinski definition) is 3. The van der Waals surface area contributed by atoms with Gasteiger partial charge in [-0.1, -0.05) is 12.1 Å². The van der Waals surface area contributed by atoms with Gasteiger partial charge in [0.25, 0.3) is 0 Å². The standard InChI is InChI=1S/C13H14ClNO2/c1-2-16-10-5-3-4-9(8-10)12(15)11-6-7-17-13(11)14/h3-8,12H,2,15H2,1H3. The predicted molar refractivity (Wildman–Crippen MR) is 67.4 cm³/mol. The highest BCUT2D eigenvalue weighted by atomic mass is 35.5. The molecule has 0 saturated carbocycles. The minimum absolute atomic E-state index is 0.304. The molecule has 17 heavy (non-hydrogen) atoms. The number of ether oxygens (including phenoxy) is 1. The van der Waals surface area contributed by atoms with Crippen LogP contribution in [0, 0.1) is 0 Å². The lowest BCUT2D eigenvalue weighted by Crippen LogP contribution is -2.11. The summed E-state index contributed by atoms with van der Waals surface area (Å²) in [6.45, 7) is 2.57. The van der Waals surface area contributed by atoms with Gasteiger partial charge in [0.05, 0.1) is 18.9 Å². The maximum atomic E-state index is 6.13. The van der Waals surface area contributed by atoms with E-state index in [1.165, 1.54) is 6.26 Å². The lowest BCUT2D eigenvalue weighted by Gasteiger charge is -2.12. The van der Waals surface area contributed by atoms with E-state index in [1.807, 2.05) is 31.2 Å². The summed E-state index contributed by atoms with van der Waals surface area (Å²) >= 11 is 5.91. The Bertz CT molecular complexity index is 496. The van der Waals surface area contributed by atoms with E-state index in [2.05, 4.69) is 0 Å². The topological polar surface area (TPSA) is 48.4 Å². The first-order valence-corrected chi connectivity index (χ1v) is 5.81. The minimum Gasteiger partial charge on any atom is -0.494 e. The van der Waals surface area contributed by atoms with Crippen molar-refractivity contribution in [3.05, 3.63) is 52.9 Å². The highest BCUT2D eigenvalue weighted by molar-refractivity contribution is 6.29. The molecule has 0 aliphatic carbocycles. The van der Waals surface area contributed by atoms with Gasteiger partial charge in [0.15, 0.2) is 5.22 Å². The van der Waals surface area contributed by atoms with Gasteiger partial charge in [-0.25, -0.2) is 0 Å². The first-order chi connectivity index (χ1) is 8.22. The molecule has 0 amide bonds. The van der Waals surface area contributed by atoms with Crippen molar-refractivity contribution in [1.82, 2.24) is 0 Å². The lowest BCUT2D eigenvalue weighted by molar-refractivity contribution is 0.340. The van der Waals surface area contributed by atoms with Crippen LogP contribution in [0.25, 0.3) is 0 Å². The maximum absolute atomic E-state index is 6.13. The molecule has 1 unspecified atom stereocenters. The summed E-state index contributed by atoms with van der Waals surface area (Å²) in [6.07, 6.45) is 1.53. The zero-order chi connectivity index (χ0) is 12.3. The monoisotopic (exact) mass is 251 g/mol. The molecule has 4 heteroatoms. The molecule has 3 nitrogen and oxygen atoms in total. The van der Waals surface area contributed by atoms with Gasteiger partial charge in [0.2, 0.25) is 0 Å². The van der Waals surface area contributed by atoms with E-state index >= 15 is 0 Å². The van der Waals surface area contributed by atoms with Gasteiger partial charge in [0.1, 0.15) is 5.75 Å². The summed E-state index contributed by atoms with van der Waals surface area (Å²) in [5, 5.41) is 0.333. The molecule has 0 aliphatic rings. The van der Waals surface area contributed by atoms with Crippen molar-refractivity contribution in [2.24, 2.45) is 5.73 Å². The Morgan fingerprint density at radius 1 is 1.41 bits per heavy atom. The molecule has 0 spiro atoms. The summed E-state index contributed by atoms with van der Waals surface area (Å²) in [5.74, 6) is 0.806. The van der Waals surface area contributed by atoms with Crippen LogP contribution in [0.5, 0.6) is 5.75 Å². The molecule has 0 radical (unpaired) electrons. The molecule has 0 fully saturated rings. The summed E-state index contributed by atoms with van der Waals surface area (Å²) in [4.78, 5) is 0. The molecule has 1 aromatic heterocycles. The first-order valence-electron chi connectivity index (χ1n) is 5.43. The van der Waals surface area contributed by atoms with Gasteiger partial charge in [-0.2, -0.15) is 0 Å². The number of halogens is 1. The van der Waals surface area contributed by atoms with Crippen molar-refractivity contribution >= 4 is 11.6 Å². The van der Waals surface area contributed by atoms with Crippen LogP contribution in [-0.2, 0) is 0 Å². The molecule has 1 aromatic carbocycles. The molecule has 2 N–H and O–H groups in total. The molecule has 0 aliphatic heterocycles. The number of furan rings is 1. The van der Waals surface area contributed by atoms with Crippen molar-refractivity contribution in [1.29, 1.82) is 0 Å². The number of hydrogen-bond donors (Lipinski definition) is 1. The second-order valence-corrected chi connectivity index (χ2v) is 3.98. The molecular weight excluding hydrogens is 238 g/mol. The molecule has 1 heterocycles. The van der Waals surface area contributed by atoms with Gasteiger partial charge in [-0.3, -0.25) is 0 Å². The Labute approximate surface area is 105 Å².